The molecular weight excluding hydrogens is 312 g/mol. The van der Waals surface area contributed by atoms with Gasteiger partial charge < -0.3 is 5.11 Å². The Morgan fingerprint density at radius 3 is 2.24 bits per heavy atom. The van der Waals surface area contributed by atoms with Crippen molar-refractivity contribution in [2.45, 2.75) is 0 Å². The molecular formula is C21H12N2O2. The van der Waals surface area contributed by atoms with E-state index in [1.165, 1.54) is 0 Å². The Kier molecular flexibility index (Phi) is 2.76. The van der Waals surface area contributed by atoms with Crippen LogP contribution in [0.3, 0.4) is 0 Å². The molecule has 0 aliphatic carbocycles. The van der Waals surface area contributed by atoms with Crippen molar-refractivity contribution < 1.29 is 9.90 Å². The number of carbonyl (C=O) groups is 1. The maximum atomic E-state index is 11.2. The quantitative estimate of drug-likeness (QED) is 0.356. The van der Waals surface area contributed by atoms with Crippen molar-refractivity contribution in [3.8, 4) is 0 Å². The minimum absolute atomic E-state index is 0.290. The molecule has 0 radical (unpaired) electrons. The Balaban J connectivity index is 1.90. The molecule has 0 spiro atoms. The van der Waals surface area contributed by atoms with Gasteiger partial charge in [0.2, 0.25) is 0 Å². The number of para-hydroxylation sites is 2. The Morgan fingerprint density at radius 1 is 0.720 bits per heavy atom. The van der Waals surface area contributed by atoms with Crippen LogP contribution >= 0.6 is 0 Å². The van der Waals surface area contributed by atoms with Gasteiger partial charge in [-0.15, -0.1) is 0 Å². The molecule has 0 saturated heterocycles. The van der Waals surface area contributed by atoms with Crippen molar-refractivity contribution in [2.24, 2.45) is 0 Å². The van der Waals surface area contributed by atoms with Crippen molar-refractivity contribution in [1.29, 1.82) is 0 Å². The van der Waals surface area contributed by atoms with E-state index in [-0.39, 0.29) is 0 Å². The molecule has 5 aromatic rings. The maximum Gasteiger partial charge on any atom is 0.335 e. The van der Waals surface area contributed by atoms with Crippen LogP contribution in [0.4, 0.5) is 0 Å². The molecule has 0 saturated carbocycles. The summed E-state index contributed by atoms with van der Waals surface area (Å²) in [6.45, 7) is 0. The van der Waals surface area contributed by atoms with Gasteiger partial charge in [-0.1, -0.05) is 36.4 Å². The average Bonchev–Trinajstić information content (AvgIpc) is 2.65. The third-order valence-electron chi connectivity index (χ3n) is 4.57. The Labute approximate surface area is 142 Å². The van der Waals surface area contributed by atoms with Gasteiger partial charge in [0.05, 0.1) is 27.6 Å². The summed E-state index contributed by atoms with van der Waals surface area (Å²) >= 11 is 0. The van der Waals surface area contributed by atoms with E-state index in [1.54, 1.807) is 12.1 Å². The largest absolute Gasteiger partial charge is 0.478 e. The summed E-state index contributed by atoms with van der Waals surface area (Å²) in [7, 11) is 0. The van der Waals surface area contributed by atoms with E-state index in [2.05, 4.69) is 0 Å². The smallest absolute Gasteiger partial charge is 0.335 e. The number of aromatic carboxylic acids is 1. The topological polar surface area (TPSA) is 63.1 Å². The lowest BCUT2D eigenvalue weighted by Crippen LogP contribution is -1.95. The molecule has 1 N–H and O–H groups in total. The fourth-order valence-electron chi connectivity index (χ4n) is 3.36. The number of hydrogen-bond acceptors (Lipinski definition) is 3. The molecule has 0 bridgehead atoms. The van der Waals surface area contributed by atoms with Crippen LogP contribution in [-0.4, -0.2) is 21.0 Å². The lowest BCUT2D eigenvalue weighted by Gasteiger charge is -2.08. The summed E-state index contributed by atoms with van der Waals surface area (Å²) in [5.74, 6) is -0.919. The molecule has 25 heavy (non-hydrogen) atoms. The fourth-order valence-corrected chi connectivity index (χ4v) is 3.36. The molecule has 4 nitrogen and oxygen atoms in total. The SMILES string of the molecule is O=C(O)c1ccc2c(ccc3c2ccc2nc4ccccc4nc23)c1. The highest BCUT2D eigenvalue weighted by Crippen LogP contribution is 2.31. The number of hydrogen-bond donors (Lipinski definition) is 1. The summed E-state index contributed by atoms with van der Waals surface area (Å²) in [5.41, 5.74) is 3.75. The molecule has 4 aromatic carbocycles. The number of fused-ring (bicyclic) bond motifs is 6. The highest BCUT2D eigenvalue weighted by molar-refractivity contribution is 6.16. The summed E-state index contributed by atoms with van der Waals surface area (Å²) in [6, 6.07) is 21.0. The first kappa shape index (κ1) is 13.9. The molecule has 5 rings (SSSR count). The van der Waals surface area contributed by atoms with Crippen molar-refractivity contribution >= 4 is 49.6 Å². The van der Waals surface area contributed by atoms with Crippen LogP contribution in [0.2, 0.25) is 0 Å². The van der Waals surface area contributed by atoms with Crippen LogP contribution in [0.1, 0.15) is 10.4 Å². The van der Waals surface area contributed by atoms with Gasteiger partial charge in [0.25, 0.3) is 0 Å². The summed E-state index contributed by atoms with van der Waals surface area (Å²) < 4.78 is 0. The second kappa shape index (κ2) is 4.98. The van der Waals surface area contributed by atoms with E-state index in [4.69, 9.17) is 9.97 Å². The molecule has 0 aliphatic heterocycles. The summed E-state index contributed by atoms with van der Waals surface area (Å²) in [4.78, 5) is 20.7. The highest BCUT2D eigenvalue weighted by atomic mass is 16.4. The number of nitrogens with zero attached hydrogens (tertiary/aromatic N) is 2. The van der Waals surface area contributed by atoms with E-state index in [1.807, 2.05) is 54.6 Å². The zero-order valence-corrected chi connectivity index (χ0v) is 13.1. The van der Waals surface area contributed by atoms with Crippen LogP contribution in [-0.2, 0) is 0 Å². The zero-order chi connectivity index (χ0) is 17.0. The molecule has 0 unspecified atom stereocenters. The van der Waals surface area contributed by atoms with Crippen LogP contribution < -0.4 is 0 Å². The number of carboxylic acids is 1. The van der Waals surface area contributed by atoms with E-state index in [0.717, 1.165) is 43.6 Å². The van der Waals surface area contributed by atoms with E-state index >= 15 is 0 Å². The van der Waals surface area contributed by atoms with Gasteiger partial charge in [0, 0.05) is 5.39 Å². The summed E-state index contributed by atoms with van der Waals surface area (Å²) in [6.07, 6.45) is 0. The second-order valence-electron chi connectivity index (χ2n) is 6.05. The number of carboxylic acid groups (broad SMARTS) is 1. The molecule has 118 valence electrons. The standard InChI is InChI=1S/C21H12N2O2/c24-21(25)13-6-7-14-12(11-13)5-8-16-15(14)9-10-19-20(16)23-18-4-2-1-3-17(18)22-19/h1-11H,(H,24,25). The monoisotopic (exact) mass is 324 g/mol. The molecule has 1 aromatic heterocycles. The number of aromatic nitrogens is 2. The first-order valence-corrected chi connectivity index (χ1v) is 7.96. The van der Waals surface area contributed by atoms with Gasteiger partial charge >= 0.3 is 5.97 Å². The van der Waals surface area contributed by atoms with Gasteiger partial charge in [0.15, 0.2) is 0 Å². The zero-order valence-electron chi connectivity index (χ0n) is 13.1. The Morgan fingerprint density at radius 2 is 1.44 bits per heavy atom. The molecule has 0 amide bonds. The van der Waals surface area contributed by atoms with Crippen molar-refractivity contribution in [2.75, 3.05) is 0 Å². The molecule has 0 fully saturated rings. The molecule has 0 aliphatic rings. The average molecular weight is 324 g/mol. The molecule has 0 atom stereocenters. The third kappa shape index (κ3) is 2.04. The molecule has 4 heteroatoms. The van der Waals surface area contributed by atoms with Crippen LogP contribution in [0.25, 0.3) is 43.6 Å². The Bertz CT molecular complexity index is 1330. The predicted molar refractivity (Wildman–Crippen MR) is 99.0 cm³/mol. The lowest BCUT2D eigenvalue weighted by molar-refractivity contribution is 0.0697. The predicted octanol–water partition coefficient (Wildman–Crippen LogP) is 4.79. The van der Waals surface area contributed by atoms with Crippen LogP contribution in [0.5, 0.6) is 0 Å². The third-order valence-corrected chi connectivity index (χ3v) is 4.57. The van der Waals surface area contributed by atoms with Gasteiger partial charge in [-0.3, -0.25) is 0 Å². The first-order chi connectivity index (χ1) is 12.2. The van der Waals surface area contributed by atoms with Gasteiger partial charge in [-0.25, -0.2) is 14.8 Å². The lowest BCUT2D eigenvalue weighted by atomic mass is 9.99. The normalized spacial score (nSPS) is 11.5. The van der Waals surface area contributed by atoms with Crippen LogP contribution in [0, 0.1) is 0 Å². The van der Waals surface area contributed by atoms with E-state index in [9.17, 15) is 9.90 Å². The van der Waals surface area contributed by atoms with Gasteiger partial charge in [-0.05, 0) is 46.5 Å². The summed E-state index contributed by atoms with van der Waals surface area (Å²) in [5, 5.41) is 13.2. The number of rotatable bonds is 1. The first-order valence-electron chi connectivity index (χ1n) is 7.96. The minimum atomic E-state index is -0.919. The highest BCUT2D eigenvalue weighted by Gasteiger charge is 2.10. The maximum absolute atomic E-state index is 11.2. The molecule has 1 heterocycles. The van der Waals surface area contributed by atoms with Crippen LogP contribution in [0.15, 0.2) is 66.7 Å². The van der Waals surface area contributed by atoms with Crippen molar-refractivity contribution in [3.63, 3.8) is 0 Å². The minimum Gasteiger partial charge on any atom is -0.478 e. The van der Waals surface area contributed by atoms with E-state index < -0.39 is 5.97 Å². The van der Waals surface area contributed by atoms with Gasteiger partial charge in [-0.2, -0.15) is 0 Å². The fraction of sp³-hybridized carbons (Fsp3) is 0. The van der Waals surface area contributed by atoms with Crippen molar-refractivity contribution in [1.82, 2.24) is 9.97 Å². The Hall–Kier alpha value is -3.53. The second-order valence-corrected chi connectivity index (χ2v) is 6.05. The van der Waals surface area contributed by atoms with Gasteiger partial charge in [0.1, 0.15) is 0 Å². The van der Waals surface area contributed by atoms with Crippen molar-refractivity contribution in [3.05, 3.63) is 72.3 Å². The van der Waals surface area contributed by atoms with E-state index in [0.29, 0.717) is 5.56 Å². The number of benzene rings is 4.